The number of nitrogens with one attached hydrogen (secondary N) is 1. The number of carbonyl (C=O) groups is 1. The van der Waals surface area contributed by atoms with Crippen LogP contribution in [0.15, 0.2) is 23.1 Å². The van der Waals surface area contributed by atoms with Gasteiger partial charge in [-0.2, -0.15) is 4.98 Å². The summed E-state index contributed by atoms with van der Waals surface area (Å²) < 4.78 is 1.27. The third-order valence-corrected chi connectivity index (χ3v) is 3.32. The first-order valence-corrected chi connectivity index (χ1v) is 7.05. The highest BCUT2D eigenvalue weighted by Gasteiger charge is 2.19. The van der Waals surface area contributed by atoms with Gasteiger partial charge in [0.15, 0.2) is 5.56 Å². The molecule has 2 heterocycles. The first-order chi connectivity index (χ1) is 10.1. The van der Waals surface area contributed by atoms with Gasteiger partial charge < -0.3 is 10.4 Å². The Labute approximate surface area is 122 Å². The molecule has 0 aromatic carbocycles. The molecule has 0 saturated carbocycles. The highest BCUT2D eigenvalue weighted by atomic mass is 16.3. The number of aromatic hydroxyl groups is 1. The Morgan fingerprint density at radius 1 is 1.43 bits per heavy atom. The first-order valence-electron chi connectivity index (χ1n) is 7.05. The van der Waals surface area contributed by atoms with Crippen LogP contribution in [0, 0.1) is 6.92 Å². The van der Waals surface area contributed by atoms with E-state index in [4.69, 9.17) is 0 Å². The standard InChI is InChI=1S/C15H19N3O3/c1-3-4-5-8-16-13(19)11-14(20)17-12-10(2)7-6-9-18(12)15(11)21/h6-7,9,20H,3-5,8H2,1-2H3,(H,16,19). The summed E-state index contributed by atoms with van der Waals surface area (Å²) in [4.78, 5) is 28.3. The Morgan fingerprint density at radius 3 is 2.90 bits per heavy atom. The van der Waals surface area contributed by atoms with Crippen molar-refractivity contribution in [1.82, 2.24) is 14.7 Å². The lowest BCUT2D eigenvalue weighted by molar-refractivity contribution is 0.0948. The highest BCUT2D eigenvalue weighted by Crippen LogP contribution is 2.13. The van der Waals surface area contributed by atoms with Crippen LogP contribution in [-0.2, 0) is 0 Å². The second-order valence-corrected chi connectivity index (χ2v) is 4.96. The van der Waals surface area contributed by atoms with Crippen LogP contribution in [0.1, 0.15) is 42.1 Å². The second kappa shape index (κ2) is 6.39. The lowest BCUT2D eigenvalue weighted by Crippen LogP contribution is -2.32. The fraction of sp³-hybridized carbons (Fsp3) is 0.400. The number of carbonyl (C=O) groups excluding carboxylic acids is 1. The van der Waals surface area contributed by atoms with Crippen molar-refractivity contribution in [2.24, 2.45) is 0 Å². The molecule has 112 valence electrons. The average Bonchev–Trinajstić information content (AvgIpc) is 2.45. The molecule has 0 spiro atoms. The van der Waals surface area contributed by atoms with Crippen LogP contribution in [0.2, 0.25) is 0 Å². The number of pyridine rings is 1. The van der Waals surface area contributed by atoms with Crippen molar-refractivity contribution in [3.63, 3.8) is 0 Å². The molecule has 6 heteroatoms. The van der Waals surface area contributed by atoms with Crippen LogP contribution < -0.4 is 10.9 Å². The minimum atomic E-state index is -0.586. The van der Waals surface area contributed by atoms with Crippen molar-refractivity contribution in [1.29, 1.82) is 0 Å². The smallest absolute Gasteiger partial charge is 0.274 e. The molecule has 21 heavy (non-hydrogen) atoms. The fourth-order valence-corrected chi connectivity index (χ4v) is 2.15. The van der Waals surface area contributed by atoms with Crippen molar-refractivity contribution < 1.29 is 9.90 Å². The lowest BCUT2D eigenvalue weighted by Gasteiger charge is -2.08. The molecule has 0 aliphatic heterocycles. The summed E-state index contributed by atoms with van der Waals surface area (Å²) in [6.45, 7) is 4.32. The summed E-state index contributed by atoms with van der Waals surface area (Å²) >= 11 is 0. The predicted octanol–water partition coefficient (Wildman–Crippen LogP) is 1.63. The molecule has 0 aliphatic rings. The molecular weight excluding hydrogens is 270 g/mol. The number of unbranched alkanes of at least 4 members (excludes halogenated alkanes) is 2. The number of amides is 1. The largest absolute Gasteiger partial charge is 0.493 e. The van der Waals surface area contributed by atoms with E-state index in [1.807, 2.05) is 0 Å². The zero-order chi connectivity index (χ0) is 15.4. The molecule has 1 amide bonds. The van der Waals surface area contributed by atoms with Crippen LogP contribution >= 0.6 is 0 Å². The Morgan fingerprint density at radius 2 is 2.19 bits per heavy atom. The maximum atomic E-state index is 12.3. The van der Waals surface area contributed by atoms with E-state index in [0.717, 1.165) is 24.8 Å². The topological polar surface area (TPSA) is 83.7 Å². The van der Waals surface area contributed by atoms with Crippen LogP contribution in [0.5, 0.6) is 5.88 Å². The zero-order valence-electron chi connectivity index (χ0n) is 12.2. The molecule has 0 bridgehead atoms. The Balaban J connectivity index is 2.36. The fourth-order valence-electron chi connectivity index (χ4n) is 2.15. The molecule has 6 nitrogen and oxygen atoms in total. The van der Waals surface area contributed by atoms with E-state index < -0.39 is 17.3 Å². The van der Waals surface area contributed by atoms with Crippen LogP contribution in [-0.4, -0.2) is 26.9 Å². The van der Waals surface area contributed by atoms with E-state index in [1.165, 1.54) is 10.6 Å². The normalized spacial score (nSPS) is 10.8. The van der Waals surface area contributed by atoms with E-state index >= 15 is 0 Å². The van der Waals surface area contributed by atoms with Gasteiger partial charge in [0.2, 0.25) is 5.88 Å². The molecule has 2 rings (SSSR count). The maximum Gasteiger partial charge on any atom is 0.274 e. The van der Waals surface area contributed by atoms with Crippen molar-refractivity contribution in [2.45, 2.75) is 33.1 Å². The predicted molar refractivity (Wildman–Crippen MR) is 79.7 cm³/mol. The van der Waals surface area contributed by atoms with Crippen LogP contribution in [0.25, 0.3) is 5.65 Å². The quantitative estimate of drug-likeness (QED) is 0.819. The van der Waals surface area contributed by atoms with E-state index in [1.54, 1.807) is 19.1 Å². The summed E-state index contributed by atoms with van der Waals surface area (Å²) in [6, 6.07) is 3.48. The molecule has 0 atom stereocenters. The van der Waals surface area contributed by atoms with Gasteiger partial charge in [0, 0.05) is 12.7 Å². The van der Waals surface area contributed by atoms with Gasteiger partial charge in [-0.3, -0.25) is 14.0 Å². The molecule has 0 unspecified atom stereocenters. The van der Waals surface area contributed by atoms with Crippen molar-refractivity contribution >= 4 is 11.6 Å². The molecule has 0 saturated heterocycles. The second-order valence-electron chi connectivity index (χ2n) is 4.96. The minimum absolute atomic E-state index is 0.311. The molecule has 0 radical (unpaired) electrons. The number of hydrogen-bond donors (Lipinski definition) is 2. The SMILES string of the molecule is CCCCCNC(=O)c1c(O)nc2c(C)cccn2c1=O. The summed E-state index contributed by atoms with van der Waals surface area (Å²) in [5.74, 6) is -1.11. The number of nitrogens with zero attached hydrogens (tertiary/aromatic N) is 2. The van der Waals surface area contributed by atoms with Gasteiger partial charge in [-0.25, -0.2) is 0 Å². The Kier molecular flexibility index (Phi) is 4.57. The summed E-state index contributed by atoms with van der Waals surface area (Å²) in [5, 5.41) is 12.5. The van der Waals surface area contributed by atoms with Gasteiger partial charge in [-0.05, 0) is 25.0 Å². The molecule has 0 fully saturated rings. The maximum absolute atomic E-state index is 12.3. The Bertz CT molecular complexity index is 722. The molecule has 2 aromatic heterocycles. The van der Waals surface area contributed by atoms with Crippen molar-refractivity contribution in [2.75, 3.05) is 6.54 Å². The van der Waals surface area contributed by atoms with Crippen molar-refractivity contribution in [3.05, 3.63) is 39.8 Å². The van der Waals surface area contributed by atoms with Crippen LogP contribution in [0.4, 0.5) is 0 Å². The third kappa shape index (κ3) is 3.04. The molecule has 0 aliphatic carbocycles. The van der Waals surface area contributed by atoms with Gasteiger partial charge in [0.05, 0.1) is 0 Å². The first kappa shape index (κ1) is 15.0. The van der Waals surface area contributed by atoms with E-state index in [0.29, 0.717) is 12.2 Å². The number of hydrogen-bond acceptors (Lipinski definition) is 4. The number of rotatable bonds is 5. The molecule has 2 aromatic rings. The van der Waals surface area contributed by atoms with E-state index in [9.17, 15) is 14.7 Å². The van der Waals surface area contributed by atoms with E-state index in [-0.39, 0.29) is 5.56 Å². The molecular formula is C15H19N3O3. The van der Waals surface area contributed by atoms with Gasteiger partial charge in [-0.15, -0.1) is 0 Å². The Hall–Kier alpha value is -2.37. The summed E-state index contributed by atoms with van der Waals surface area (Å²) in [6.07, 6.45) is 4.41. The van der Waals surface area contributed by atoms with Gasteiger partial charge >= 0.3 is 0 Å². The van der Waals surface area contributed by atoms with Gasteiger partial charge in [-0.1, -0.05) is 25.8 Å². The van der Waals surface area contributed by atoms with Gasteiger partial charge in [0.25, 0.3) is 11.5 Å². The van der Waals surface area contributed by atoms with Crippen LogP contribution in [0.3, 0.4) is 0 Å². The minimum Gasteiger partial charge on any atom is -0.493 e. The number of aryl methyl sites for hydroxylation is 1. The van der Waals surface area contributed by atoms with E-state index in [2.05, 4.69) is 17.2 Å². The number of aromatic nitrogens is 2. The lowest BCUT2D eigenvalue weighted by atomic mass is 10.2. The molecule has 2 N–H and O–H groups in total. The van der Waals surface area contributed by atoms with Crippen molar-refractivity contribution in [3.8, 4) is 5.88 Å². The zero-order valence-corrected chi connectivity index (χ0v) is 12.2. The highest BCUT2D eigenvalue weighted by molar-refractivity contribution is 5.96. The summed E-state index contributed by atoms with van der Waals surface area (Å²) in [7, 11) is 0. The number of fused-ring (bicyclic) bond motifs is 1. The average molecular weight is 289 g/mol. The third-order valence-electron chi connectivity index (χ3n) is 3.32. The monoisotopic (exact) mass is 289 g/mol. The van der Waals surface area contributed by atoms with Gasteiger partial charge in [0.1, 0.15) is 5.65 Å². The summed E-state index contributed by atoms with van der Waals surface area (Å²) in [5.41, 5.74) is 0.228.